The molecular formula is C11H24O3. The van der Waals surface area contributed by atoms with Crippen LogP contribution in [0, 0.1) is 5.92 Å². The van der Waals surface area contributed by atoms with Gasteiger partial charge in [0.2, 0.25) is 0 Å². The molecule has 0 spiro atoms. The lowest BCUT2D eigenvalue weighted by Gasteiger charge is -2.15. The zero-order valence-corrected chi connectivity index (χ0v) is 9.66. The molecule has 0 saturated carbocycles. The van der Waals surface area contributed by atoms with Crippen LogP contribution in [-0.2, 0) is 9.47 Å². The highest BCUT2D eigenvalue weighted by atomic mass is 16.5. The SMILES string of the molecule is CCCC(C)CC(O)COCCOC. The summed E-state index contributed by atoms with van der Waals surface area (Å²) in [5.41, 5.74) is 0. The Labute approximate surface area is 87.4 Å². The summed E-state index contributed by atoms with van der Waals surface area (Å²) >= 11 is 0. The van der Waals surface area contributed by atoms with Crippen LogP contribution in [0.5, 0.6) is 0 Å². The van der Waals surface area contributed by atoms with Gasteiger partial charge in [0.05, 0.1) is 25.9 Å². The van der Waals surface area contributed by atoms with Gasteiger partial charge >= 0.3 is 0 Å². The summed E-state index contributed by atoms with van der Waals surface area (Å²) in [5, 5.41) is 9.58. The van der Waals surface area contributed by atoms with Gasteiger partial charge in [-0.1, -0.05) is 26.7 Å². The first-order valence-corrected chi connectivity index (χ1v) is 5.45. The summed E-state index contributed by atoms with van der Waals surface area (Å²) in [4.78, 5) is 0. The second-order valence-electron chi connectivity index (χ2n) is 3.85. The molecule has 0 rings (SSSR count). The molecule has 0 bridgehead atoms. The summed E-state index contributed by atoms with van der Waals surface area (Å²) in [6, 6.07) is 0. The van der Waals surface area contributed by atoms with E-state index in [0.29, 0.717) is 25.7 Å². The second kappa shape index (κ2) is 9.44. The van der Waals surface area contributed by atoms with Crippen molar-refractivity contribution in [3.8, 4) is 0 Å². The average Bonchev–Trinajstić information content (AvgIpc) is 2.13. The van der Waals surface area contributed by atoms with E-state index in [2.05, 4.69) is 13.8 Å². The van der Waals surface area contributed by atoms with Gasteiger partial charge in [-0.15, -0.1) is 0 Å². The van der Waals surface area contributed by atoms with Crippen molar-refractivity contribution in [1.29, 1.82) is 0 Å². The molecule has 0 saturated heterocycles. The Morgan fingerprint density at radius 3 is 2.57 bits per heavy atom. The Kier molecular flexibility index (Phi) is 9.35. The summed E-state index contributed by atoms with van der Waals surface area (Å²) < 4.78 is 10.1. The maximum Gasteiger partial charge on any atom is 0.0776 e. The second-order valence-corrected chi connectivity index (χ2v) is 3.85. The third-order valence-corrected chi connectivity index (χ3v) is 2.20. The Bertz CT molecular complexity index is 117. The molecule has 2 atom stereocenters. The smallest absolute Gasteiger partial charge is 0.0776 e. The zero-order valence-electron chi connectivity index (χ0n) is 9.66. The van der Waals surface area contributed by atoms with Crippen molar-refractivity contribution in [3.63, 3.8) is 0 Å². The Balaban J connectivity index is 3.30. The number of aliphatic hydroxyl groups excluding tert-OH is 1. The van der Waals surface area contributed by atoms with E-state index >= 15 is 0 Å². The number of hydrogen-bond acceptors (Lipinski definition) is 3. The number of methoxy groups -OCH3 is 1. The first-order chi connectivity index (χ1) is 6.70. The molecule has 0 aromatic heterocycles. The van der Waals surface area contributed by atoms with E-state index in [4.69, 9.17) is 9.47 Å². The largest absolute Gasteiger partial charge is 0.391 e. The molecule has 14 heavy (non-hydrogen) atoms. The highest BCUT2D eigenvalue weighted by molar-refractivity contribution is 4.60. The minimum atomic E-state index is -0.326. The molecule has 3 nitrogen and oxygen atoms in total. The fraction of sp³-hybridized carbons (Fsp3) is 1.00. The normalized spacial score (nSPS) is 15.4. The number of aliphatic hydroxyl groups is 1. The number of rotatable bonds is 9. The predicted octanol–water partition coefficient (Wildman–Crippen LogP) is 1.84. The van der Waals surface area contributed by atoms with Crippen LogP contribution in [0.15, 0.2) is 0 Å². The Morgan fingerprint density at radius 2 is 2.00 bits per heavy atom. The van der Waals surface area contributed by atoms with Crippen LogP contribution in [0.1, 0.15) is 33.1 Å². The van der Waals surface area contributed by atoms with Gasteiger partial charge in [0, 0.05) is 7.11 Å². The fourth-order valence-electron chi connectivity index (χ4n) is 1.50. The Hall–Kier alpha value is -0.120. The van der Waals surface area contributed by atoms with E-state index in [1.807, 2.05) is 0 Å². The number of ether oxygens (including phenoxy) is 2. The molecule has 0 fully saturated rings. The van der Waals surface area contributed by atoms with Gasteiger partial charge in [0.1, 0.15) is 0 Å². The summed E-state index contributed by atoms with van der Waals surface area (Å²) in [5.74, 6) is 0.584. The monoisotopic (exact) mass is 204 g/mol. The lowest BCUT2D eigenvalue weighted by atomic mass is 9.99. The quantitative estimate of drug-likeness (QED) is 0.582. The molecule has 0 aromatic rings. The van der Waals surface area contributed by atoms with Crippen molar-refractivity contribution in [1.82, 2.24) is 0 Å². The van der Waals surface area contributed by atoms with Crippen LogP contribution < -0.4 is 0 Å². The van der Waals surface area contributed by atoms with E-state index in [0.717, 1.165) is 6.42 Å². The summed E-state index contributed by atoms with van der Waals surface area (Å²) in [6.07, 6.45) is 2.86. The van der Waals surface area contributed by atoms with Gasteiger partial charge in [-0.2, -0.15) is 0 Å². The molecule has 86 valence electrons. The molecule has 2 unspecified atom stereocenters. The summed E-state index contributed by atoms with van der Waals surface area (Å²) in [6.45, 7) is 5.92. The third-order valence-electron chi connectivity index (χ3n) is 2.20. The molecule has 0 aliphatic carbocycles. The van der Waals surface area contributed by atoms with Crippen molar-refractivity contribution < 1.29 is 14.6 Å². The van der Waals surface area contributed by atoms with Crippen LogP contribution >= 0.6 is 0 Å². The van der Waals surface area contributed by atoms with E-state index in [-0.39, 0.29) is 6.10 Å². The van der Waals surface area contributed by atoms with Gasteiger partial charge in [-0.3, -0.25) is 0 Å². The van der Waals surface area contributed by atoms with Crippen LogP contribution in [0.4, 0.5) is 0 Å². The molecule has 0 aromatic carbocycles. The first-order valence-electron chi connectivity index (χ1n) is 5.45. The van der Waals surface area contributed by atoms with Gasteiger partial charge in [-0.05, 0) is 12.3 Å². The summed E-state index contributed by atoms with van der Waals surface area (Å²) in [7, 11) is 1.64. The van der Waals surface area contributed by atoms with Crippen LogP contribution in [-0.4, -0.2) is 38.1 Å². The maximum absolute atomic E-state index is 9.58. The molecular weight excluding hydrogens is 180 g/mol. The molecule has 3 heteroatoms. The predicted molar refractivity (Wildman–Crippen MR) is 57.4 cm³/mol. The van der Waals surface area contributed by atoms with Crippen molar-refractivity contribution in [3.05, 3.63) is 0 Å². The first kappa shape index (κ1) is 13.9. The highest BCUT2D eigenvalue weighted by Gasteiger charge is 2.09. The van der Waals surface area contributed by atoms with Crippen molar-refractivity contribution in [2.45, 2.75) is 39.2 Å². The lowest BCUT2D eigenvalue weighted by molar-refractivity contribution is 0.00483. The van der Waals surface area contributed by atoms with Crippen molar-refractivity contribution in [2.24, 2.45) is 5.92 Å². The van der Waals surface area contributed by atoms with Gasteiger partial charge in [-0.25, -0.2) is 0 Å². The van der Waals surface area contributed by atoms with Gasteiger partial charge in [0.15, 0.2) is 0 Å². The van der Waals surface area contributed by atoms with E-state index in [9.17, 15) is 5.11 Å². The van der Waals surface area contributed by atoms with E-state index in [1.54, 1.807) is 7.11 Å². The minimum absolute atomic E-state index is 0.326. The zero-order chi connectivity index (χ0) is 10.8. The molecule has 0 amide bonds. The van der Waals surface area contributed by atoms with Crippen LogP contribution in [0.3, 0.4) is 0 Å². The van der Waals surface area contributed by atoms with Crippen molar-refractivity contribution >= 4 is 0 Å². The maximum atomic E-state index is 9.58. The average molecular weight is 204 g/mol. The van der Waals surface area contributed by atoms with Crippen LogP contribution in [0.2, 0.25) is 0 Å². The van der Waals surface area contributed by atoms with E-state index < -0.39 is 0 Å². The topological polar surface area (TPSA) is 38.7 Å². The Morgan fingerprint density at radius 1 is 1.29 bits per heavy atom. The third kappa shape index (κ3) is 8.48. The molecule has 0 heterocycles. The van der Waals surface area contributed by atoms with Crippen LogP contribution in [0.25, 0.3) is 0 Å². The van der Waals surface area contributed by atoms with Gasteiger partial charge < -0.3 is 14.6 Å². The molecule has 0 radical (unpaired) electrons. The minimum Gasteiger partial charge on any atom is -0.391 e. The van der Waals surface area contributed by atoms with Gasteiger partial charge in [0.25, 0.3) is 0 Å². The highest BCUT2D eigenvalue weighted by Crippen LogP contribution is 2.12. The number of hydrogen-bond donors (Lipinski definition) is 1. The van der Waals surface area contributed by atoms with Crippen molar-refractivity contribution in [2.75, 3.05) is 26.9 Å². The molecule has 0 aliphatic rings. The lowest BCUT2D eigenvalue weighted by Crippen LogP contribution is -2.19. The standard InChI is InChI=1S/C11H24O3/c1-4-5-10(2)8-11(12)9-14-7-6-13-3/h10-12H,4-9H2,1-3H3. The van der Waals surface area contributed by atoms with E-state index in [1.165, 1.54) is 12.8 Å². The molecule has 0 aliphatic heterocycles. The fourth-order valence-corrected chi connectivity index (χ4v) is 1.50. The molecule has 1 N–H and O–H groups in total.